The third kappa shape index (κ3) is 4.72. The number of hydrogen-bond donors (Lipinski definition) is 1. The summed E-state index contributed by atoms with van der Waals surface area (Å²) in [6.45, 7) is 7.91. The minimum absolute atomic E-state index is 0.0255. The minimum atomic E-state index is -0.459. The quantitative estimate of drug-likeness (QED) is 0.267. The normalized spacial score (nSPS) is 11.5. The number of hydrogen-bond acceptors (Lipinski definition) is 3. The van der Waals surface area contributed by atoms with Gasteiger partial charge < -0.3 is 14.6 Å². The van der Waals surface area contributed by atoms with Gasteiger partial charge in [-0.15, -0.1) is 0 Å². The molecule has 0 unspecified atom stereocenters. The van der Waals surface area contributed by atoms with E-state index in [1.807, 2.05) is 58.0 Å². The Bertz CT molecular complexity index is 1430. The zero-order valence-corrected chi connectivity index (χ0v) is 19.8. The van der Waals surface area contributed by atoms with E-state index in [0.29, 0.717) is 11.4 Å². The molecule has 5 heteroatoms. The molecule has 1 N–H and O–H groups in total. The Morgan fingerprint density at radius 3 is 2.53 bits per heavy atom. The van der Waals surface area contributed by atoms with Crippen molar-refractivity contribution >= 4 is 28.4 Å². The third-order valence-electron chi connectivity index (χ3n) is 5.61. The number of amides is 1. The van der Waals surface area contributed by atoms with Crippen LogP contribution in [0.4, 0.5) is 5.69 Å². The summed E-state index contributed by atoms with van der Waals surface area (Å²) in [5, 5.41) is 14.8. The van der Waals surface area contributed by atoms with Gasteiger partial charge in [0.25, 0.3) is 5.91 Å². The molecule has 4 aromatic rings. The molecule has 0 bridgehead atoms. The zero-order chi connectivity index (χ0) is 24.2. The first-order chi connectivity index (χ1) is 16.4. The summed E-state index contributed by atoms with van der Waals surface area (Å²) in [6.07, 6.45) is 1.67. The number of nitriles is 1. The average molecular weight is 450 g/mol. The van der Waals surface area contributed by atoms with Crippen LogP contribution in [0.15, 0.2) is 78.4 Å². The topological polar surface area (TPSA) is 67.1 Å². The maximum atomic E-state index is 12.9. The van der Waals surface area contributed by atoms with Crippen LogP contribution >= 0.6 is 0 Å². The number of nitrogens with one attached hydrogen (secondary N) is 1. The van der Waals surface area contributed by atoms with Crippen LogP contribution in [0.5, 0.6) is 5.75 Å². The van der Waals surface area contributed by atoms with Gasteiger partial charge in [0.1, 0.15) is 17.4 Å². The van der Waals surface area contributed by atoms with Crippen molar-refractivity contribution in [2.75, 3.05) is 5.32 Å². The monoisotopic (exact) mass is 449 g/mol. The molecular weight excluding hydrogens is 422 g/mol. The molecule has 0 atom stereocenters. The first-order valence-electron chi connectivity index (χ1n) is 11.2. The summed E-state index contributed by atoms with van der Waals surface area (Å²) in [5.74, 6) is 0.202. The highest BCUT2D eigenvalue weighted by molar-refractivity contribution is 6.09. The van der Waals surface area contributed by atoms with Gasteiger partial charge in [0.2, 0.25) is 0 Å². The maximum Gasteiger partial charge on any atom is 0.266 e. The first kappa shape index (κ1) is 22.9. The third-order valence-corrected chi connectivity index (χ3v) is 5.61. The summed E-state index contributed by atoms with van der Waals surface area (Å²) in [6, 6.07) is 25.7. The molecule has 0 aliphatic rings. The van der Waals surface area contributed by atoms with E-state index >= 15 is 0 Å². The van der Waals surface area contributed by atoms with Crippen LogP contribution in [0, 0.1) is 25.2 Å². The van der Waals surface area contributed by atoms with E-state index in [1.54, 1.807) is 24.3 Å². The fraction of sp³-hybridized carbons (Fsp3) is 0.172. The number of fused-ring (bicyclic) bond motifs is 1. The highest BCUT2D eigenvalue weighted by Crippen LogP contribution is 2.28. The lowest BCUT2D eigenvalue weighted by Gasteiger charge is -2.13. The molecule has 0 aliphatic carbocycles. The van der Waals surface area contributed by atoms with E-state index in [1.165, 1.54) is 0 Å². The molecule has 0 saturated heterocycles. The van der Waals surface area contributed by atoms with Gasteiger partial charge >= 0.3 is 0 Å². The SMILES string of the molecule is Cc1cc(/C=C(/C#N)C(=O)Nc2cccc(OC(C)C)c2)c(C)n1-c1cccc2ccccc12. The number of aromatic nitrogens is 1. The van der Waals surface area contributed by atoms with Crippen molar-refractivity contribution in [2.24, 2.45) is 0 Å². The Morgan fingerprint density at radius 2 is 1.76 bits per heavy atom. The number of benzene rings is 3. The Morgan fingerprint density at radius 1 is 1.03 bits per heavy atom. The molecule has 1 aromatic heterocycles. The van der Waals surface area contributed by atoms with Gasteiger partial charge in [0.05, 0.1) is 11.8 Å². The summed E-state index contributed by atoms with van der Waals surface area (Å²) in [4.78, 5) is 12.9. The molecule has 1 heterocycles. The first-order valence-corrected chi connectivity index (χ1v) is 11.2. The lowest BCUT2D eigenvalue weighted by molar-refractivity contribution is -0.112. The van der Waals surface area contributed by atoms with Gasteiger partial charge in [-0.3, -0.25) is 4.79 Å². The van der Waals surface area contributed by atoms with Crippen molar-refractivity contribution in [3.05, 3.63) is 95.3 Å². The van der Waals surface area contributed by atoms with Crippen LogP contribution in [0.2, 0.25) is 0 Å². The summed E-state index contributed by atoms with van der Waals surface area (Å²) in [7, 11) is 0. The highest BCUT2D eigenvalue weighted by atomic mass is 16.5. The predicted molar refractivity (Wildman–Crippen MR) is 137 cm³/mol. The number of ether oxygens (including phenoxy) is 1. The predicted octanol–water partition coefficient (Wildman–Crippen LogP) is 6.58. The smallest absolute Gasteiger partial charge is 0.266 e. The van der Waals surface area contributed by atoms with Crippen molar-refractivity contribution in [3.63, 3.8) is 0 Å². The van der Waals surface area contributed by atoms with Crippen molar-refractivity contribution in [2.45, 2.75) is 33.8 Å². The molecule has 170 valence electrons. The van der Waals surface area contributed by atoms with Crippen molar-refractivity contribution < 1.29 is 9.53 Å². The Hall–Kier alpha value is -4.30. The van der Waals surface area contributed by atoms with Crippen LogP contribution in [-0.4, -0.2) is 16.6 Å². The van der Waals surface area contributed by atoms with E-state index in [0.717, 1.165) is 33.4 Å². The Balaban J connectivity index is 1.66. The number of carbonyl (C=O) groups excluding carboxylic acids is 1. The van der Waals surface area contributed by atoms with Gasteiger partial charge in [-0.2, -0.15) is 5.26 Å². The summed E-state index contributed by atoms with van der Waals surface area (Å²) in [5.41, 5.74) is 4.49. The second kappa shape index (κ2) is 9.68. The number of aryl methyl sites for hydroxylation is 1. The Kier molecular flexibility index (Phi) is 6.51. The lowest BCUT2D eigenvalue weighted by Crippen LogP contribution is -2.14. The number of carbonyl (C=O) groups is 1. The molecule has 0 saturated carbocycles. The maximum absolute atomic E-state index is 12.9. The molecule has 34 heavy (non-hydrogen) atoms. The van der Waals surface area contributed by atoms with Crippen LogP contribution in [0.25, 0.3) is 22.5 Å². The van der Waals surface area contributed by atoms with Crippen molar-refractivity contribution in [3.8, 4) is 17.5 Å². The number of nitrogens with zero attached hydrogens (tertiary/aromatic N) is 2. The fourth-order valence-electron chi connectivity index (χ4n) is 4.13. The molecule has 3 aromatic carbocycles. The van der Waals surface area contributed by atoms with Crippen molar-refractivity contribution in [1.82, 2.24) is 4.57 Å². The second-order valence-corrected chi connectivity index (χ2v) is 8.48. The molecule has 0 aliphatic heterocycles. The fourth-order valence-corrected chi connectivity index (χ4v) is 4.13. The summed E-state index contributed by atoms with van der Waals surface area (Å²) >= 11 is 0. The molecule has 0 radical (unpaired) electrons. The molecule has 1 amide bonds. The van der Waals surface area contributed by atoms with Crippen molar-refractivity contribution in [1.29, 1.82) is 5.26 Å². The Labute approximate surface area is 199 Å². The van der Waals surface area contributed by atoms with E-state index < -0.39 is 5.91 Å². The molecule has 5 nitrogen and oxygen atoms in total. The van der Waals surface area contributed by atoms with E-state index in [-0.39, 0.29) is 11.7 Å². The van der Waals surface area contributed by atoms with E-state index in [9.17, 15) is 10.1 Å². The van der Waals surface area contributed by atoms with Crippen LogP contribution in [0.1, 0.15) is 30.8 Å². The summed E-state index contributed by atoms with van der Waals surface area (Å²) < 4.78 is 7.85. The minimum Gasteiger partial charge on any atom is -0.491 e. The molecule has 4 rings (SSSR count). The van der Waals surface area contributed by atoms with Gasteiger partial charge in [-0.25, -0.2) is 0 Å². The van der Waals surface area contributed by atoms with Gasteiger partial charge in [-0.1, -0.05) is 42.5 Å². The molecule has 0 spiro atoms. The number of anilines is 1. The largest absolute Gasteiger partial charge is 0.491 e. The standard InChI is InChI=1S/C29H27N3O2/c1-19(2)34-26-12-8-11-25(17-26)31-29(33)24(18-30)16-23-15-20(3)32(21(23)4)28-14-7-10-22-9-5-6-13-27(22)28/h5-17,19H,1-4H3,(H,31,33)/b24-16-. The highest BCUT2D eigenvalue weighted by Gasteiger charge is 2.15. The van der Waals surface area contributed by atoms with E-state index in [2.05, 4.69) is 40.2 Å². The zero-order valence-electron chi connectivity index (χ0n) is 19.8. The van der Waals surface area contributed by atoms with E-state index in [4.69, 9.17) is 4.74 Å². The van der Waals surface area contributed by atoms with Gasteiger partial charge in [-0.05, 0) is 69.0 Å². The van der Waals surface area contributed by atoms with Crippen LogP contribution < -0.4 is 10.1 Å². The molecule has 0 fully saturated rings. The second-order valence-electron chi connectivity index (χ2n) is 8.48. The van der Waals surface area contributed by atoms with Crippen LogP contribution in [0.3, 0.4) is 0 Å². The van der Waals surface area contributed by atoms with Gasteiger partial charge in [0, 0.05) is 28.5 Å². The van der Waals surface area contributed by atoms with Gasteiger partial charge in [0.15, 0.2) is 0 Å². The lowest BCUT2D eigenvalue weighted by atomic mass is 10.1. The van der Waals surface area contributed by atoms with Crippen LogP contribution in [-0.2, 0) is 4.79 Å². The average Bonchev–Trinajstić information content (AvgIpc) is 3.09. The number of rotatable bonds is 6. The molecular formula is C29H27N3O2.